The minimum Gasteiger partial charge on any atom is -0.478 e. The highest BCUT2D eigenvalue weighted by Gasteiger charge is 2.09. The summed E-state index contributed by atoms with van der Waals surface area (Å²) in [6, 6.07) is 7.13. The van der Waals surface area contributed by atoms with Gasteiger partial charge in [-0.3, -0.25) is 9.97 Å². The standard InChI is InChI=1S/C15H12N4O2S/c1-9-2-3-10(7-16-9)14-19-18-13(22-14)6-12-5-4-11(8-17-12)15(20)21/h2-5,7-8H,6H2,1H3,(H,20,21). The van der Waals surface area contributed by atoms with Crippen molar-refractivity contribution in [3.8, 4) is 10.6 Å². The zero-order valence-electron chi connectivity index (χ0n) is 11.7. The first-order chi connectivity index (χ1) is 10.6. The van der Waals surface area contributed by atoms with E-state index in [1.54, 1.807) is 12.3 Å². The fraction of sp³-hybridized carbons (Fsp3) is 0.133. The number of aromatic nitrogens is 4. The average Bonchev–Trinajstić information content (AvgIpc) is 2.97. The number of carboxylic acids is 1. The van der Waals surface area contributed by atoms with Crippen LogP contribution >= 0.6 is 11.3 Å². The minimum absolute atomic E-state index is 0.174. The molecule has 110 valence electrons. The predicted molar refractivity (Wildman–Crippen MR) is 81.9 cm³/mol. The predicted octanol–water partition coefficient (Wildman–Crippen LogP) is 2.59. The van der Waals surface area contributed by atoms with E-state index in [0.29, 0.717) is 6.42 Å². The Morgan fingerprint density at radius 1 is 1.14 bits per heavy atom. The third-order valence-electron chi connectivity index (χ3n) is 3.03. The summed E-state index contributed by atoms with van der Waals surface area (Å²) in [5, 5.41) is 18.8. The molecule has 0 atom stereocenters. The van der Waals surface area contributed by atoms with Crippen LogP contribution in [-0.2, 0) is 6.42 Å². The van der Waals surface area contributed by atoms with Gasteiger partial charge in [-0.25, -0.2) is 4.79 Å². The van der Waals surface area contributed by atoms with Gasteiger partial charge in [0.25, 0.3) is 0 Å². The number of carbonyl (C=O) groups is 1. The molecule has 0 aromatic carbocycles. The van der Waals surface area contributed by atoms with Crippen LogP contribution in [0.25, 0.3) is 10.6 Å². The van der Waals surface area contributed by atoms with Crippen LogP contribution < -0.4 is 0 Å². The number of aryl methyl sites for hydroxylation is 1. The highest BCUT2D eigenvalue weighted by atomic mass is 32.1. The van der Waals surface area contributed by atoms with E-state index in [1.807, 2.05) is 19.1 Å². The Morgan fingerprint density at radius 3 is 2.64 bits per heavy atom. The molecule has 0 bridgehead atoms. The Hall–Kier alpha value is -2.67. The quantitative estimate of drug-likeness (QED) is 0.796. The SMILES string of the molecule is Cc1ccc(-c2nnc(Cc3ccc(C(=O)O)cn3)s2)cn1. The number of hydrogen-bond donors (Lipinski definition) is 1. The van der Waals surface area contributed by atoms with Crippen molar-refractivity contribution in [3.05, 3.63) is 58.6 Å². The Balaban J connectivity index is 1.76. The van der Waals surface area contributed by atoms with Gasteiger partial charge in [-0.15, -0.1) is 10.2 Å². The van der Waals surface area contributed by atoms with Gasteiger partial charge >= 0.3 is 5.97 Å². The molecule has 0 radical (unpaired) electrons. The average molecular weight is 312 g/mol. The van der Waals surface area contributed by atoms with E-state index < -0.39 is 5.97 Å². The molecule has 0 aliphatic carbocycles. The molecule has 7 heteroatoms. The summed E-state index contributed by atoms with van der Waals surface area (Å²) in [4.78, 5) is 19.2. The zero-order valence-corrected chi connectivity index (χ0v) is 12.5. The smallest absolute Gasteiger partial charge is 0.337 e. The number of nitrogens with zero attached hydrogens (tertiary/aromatic N) is 4. The molecule has 3 heterocycles. The van der Waals surface area contributed by atoms with Crippen LogP contribution in [0, 0.1) is 6.92 Å². The molecule has 0 spiro atoms. The van der Waals surface area contributed by atoms with E-state index in [2.05, 4.69) is 20.2 Å². The van der Waals surface area contributed by atoms with Crippen LogP contribution in [0.4, 0.5) is 0 Å². The Kier molecular flexibility index (Phi) is 3.88. The Labute approximate surface area is 130 Å². The van der Waals surface area contributed by atoms with E-state index in [0.717, 1.165) is 27.0 Å². The van der Waals surface area contributed by atoms with Crippen molar-refractivity contribution in [1.82, 2.24) is 20.2 Å². The van der Waals surface area contributed by atoms with E-state index in [-0.39, 0.29) is 5.56 Å². The van der Waals surface area contributed by atoms with Crippen molar-refractivity contribution in [3.63, 3.8) is 0 Å². The third-order valence-corrected chi connectivity index (χ3v) is 4.00. The number of carboxylic acid groups (broad SMARTS) is 1. The zero-order chi connectivity index (χ0) is 15.5. The first kappa shape index (κ1) is 14.3. The molecule has 3 aromatic heterocycles. The summed E-state index contributed by atoms with van der Waals surface area (Å²) in [5.74, 6) is -0.982. The fourth-order valence-electron chi connectivity index (χ4n) is 1.85. The molecule has 0 unspecified atom stereocenters. The van der Waals surface area contributed by atoms with Gasteiger partial charge < -0.3 is 5.11 Å². The van der Waals surface area contributed by atoms with E-state index in [4.69, 9.17) is 5.11 Å². The lowest BCUT2D eigenvalue weighted by Crippen LogP contribution is -1.99. The molecule has 0 saturated heterocycles. The normalized spacial score (nSPS) is 10.6. The van der Waals surface area contributed by atoms with Gasteiger partial charge in [0.2, 0.25) is 0 Å². The number of pyridine rings is 2. The monoisotopic (exact) mass is 312 g/mol. The largest absolute Gasteiger partial charge is 0.478 e. The van der Waals surface area contributed by atoms with Crippen molar-refractivity contribution in [2.75, 3.05) is 0 Å². The van der Waals surface area contributed by atoms with Crippen LogP contribution in [-0.4, -0.2) is 31.2 Å². The molecule has 0 aliphatic heterocycles. The van der Waals surface area contributed by atoms with E-state index in [9.17, 15) is 4.79 Å². The van der Waals surface area contributed by atoms with Gasteiger partial charge in [-0.2, -0.15) is 0 Å². The van der Waals surface area contributed by atoms with Gasteiger partial charge in [0.15, 0.2) is 0 Å². The van der Waals surface area contributed by atoms with Crippen LogP contribution in [0.15, 0.2) is 36.7 Å². The van der Waals surface area contributed by atoms with Crippen molar-refractivity contribution < 1.29 is 9.90 Å². The molecule has 1 N–H and O–H groups in total. The molecule has 22 heavy (non-hydrogen) atoms. The molecule has 0 aliphatic rings. The summed E-state index contributed by atoms with van der Waals surface area (Å²) in [7, 11) is 0. The van der Waals surface area contributed by atoms with Crippen molar-refractivity contribution >= 4 is 17.3 Å². The lowest BCUT2D eigenvalue weighted by Gasteiger charge is -1.98. The second-order valence-electron chi connectivity index (χ2n) is 4.71. The lowest BCUT2D eigenvalue weighted by atomic mass is 10.2. The lowest BCUT2D eigenvalue weighted by molar-refractivity contribution is 0.0696. The summed E-state index contributed by atoms with van der Waals surface area (Å²) in [5.41, 5.74) is 2.82. The maximum absolute atomic E-state index is 10.8. The topological polar surface area (TPSA) is 88.9 Å². The van der Waals surface area contributed by atoms with Crippen LogP contribution in [0.2, 0.25) is 0 Å². The third kappa shape index (κ3) is 3.15. The molecule has 0 fully saturated rings. The number of aromatic carboxylic acids is 1. The second kappa shape index (κ2) is 5.98. The number of hydrogen-bond acceptors (Lipinski definition) is 6. The summed E-state index contributed by atoms with van der Waals surface area (Å²) in [6.07, 6.45) is 3.65. The van der Waals surface area contributed by atoms with Crippen molar-refractivity contribution in [2.45, 2.75) is 13.3 Å². The van der Waals surface area contributed by atoms with E-state index >= 15 is 0 Å². The summed E-state index contributed by atoms with van der Waals surface area (Å²) >= 11 is 1.48. The maximum Gasteiger partial charge on any atom is 0.337 e. The molecule has 0 saturated carbocycles. The molecule has 3 rings (SSSR count). The molecular weight excluding hydrogens is 300 g/mol. The van der Waals surface area contributed by atoms with Gasteiger partial charge in [-0.1, -0.05) is 11.3 Å². The Morgan fingerprint density at radius 2 is 2.00 bits per heavy atom. The van der Waals surface area contributed by atoms with Crippen LogP contribution in [0.1, 0.15) is 26.8 Å². The molecular formula is C15H12N4O2S. The highest BCUT2D eigenvalue weighted by molar-refractivity contribution is 7.14. The highest BCUT2D eigenvalue weighted by Crippen LogP contribution is 2.24. The van der Waals surface area contributed by atoms with E-state index in [1.165, 1.54) is 23.6 Å². The number of rotatable bonds is 4. The van der Waals surface area contributed by atoms with Gasteiger partial charge in [0.05, 0.1) is 5.56 Å². The first-order valence-corrected chi connectivity index (χ1v) is 7.37. The molecule has 0 amide bonds. The second-order valence-corrected chi connectivity index (χ2v) is 5.77. The van der Waals surface area contributed by atoms with Crippen LogP contribution in [0.5, 0.6) is 0 Å². The van der Waals surface area contributed by atoms with Gasteiger partial charge in [0, 0.05) is 35.8 Å². The van der Waals surface area contributed by atoms with Gasteiger partial charge in [-0.05, 0) is 31.2 Å². The molecule has 3 aromatic rings. The summed E-state index contributed by atoms with van der Waals surface area (Å²) in [6.45, 7) is 1.93. The molecule has 6 nitrogen and oxygen atoms in total. The fourth-order valence-corrected chi connectivity index (χ4v) is 2.69. The van der Waals surface area contributed by atoms with Crippen molar-refractivity contribution in [2.24, 2.45) is 0 Å². The Bertz CT molecular complexity index is 797. The summed E-state index contributed by atoms with van der Waals surface area (Å²) < 4.78 is 0. The van der Waals surface area contributed by atoms with Crippen LogP contribution in [0.3, 0.4) is 0 Å². The van der Waals surface area contributed by atoms with Gasteiger partial charge in [0.1, 0.15) is 10.0 Å². The van der Waals surface area contributed by atoms with Crippen molar-refractivity contribution in [1.29, 1.82) is 0 Å². The first-order valence-electron chi connectivity index (χ1n) is 6.55. The maximum atomic E-state index is 10.8. The minimum atomic E-state index is -0.982.